The van der Waals surface area contributed by atoms with Crippen LogP contribution in [0.1, 0.15) is 59.3 Å². The van der Waals surface area contributed by atoms with Gasteiger partial charge in [0.2, 0.25) is 0 Å². The highest BCUT2D eigenvalue weighted by Crippen LogP contribution is 2.57. The van der Waals surface area contributed by atoms with E-state index in [1.54, 1.807) is 0 Å². The van der Waals surface area contributed by atoms with Crippen LogP contribution in [-0.2, 0) is 0 Å². The van der Waals surface area contributed by atoms with E-state index >= 15 is 0 Å². The Morgan fingerprint density at radius 1 is 1.12 bits per heavy atom. The first-order valence-corrected chi connectivity index (χ1v) is 7.20. The zero-order valence-electron chi connectivity index (χ0n) is 11.6. The van der Waals surface area contributed by atoms with Gasteiger partial charge in [0.05, 0.1) is 0 Å². The second kappa shape index (κ2) is 4.68. The lowest BCUT2D eigenvalue weighted by Gasteiger charge is -2.23. The molecule has 0 spiro atoms. The summed E-state index contributed by atoms with van der Waals surface area (Å²) in [7, 11) is 2.16. The van der Waals surface area contributed by atoms with Crippen LogP contribution < -0.4 is 5.32 Å². The zero-order chi connectivity index (χ0) is 11.8. The van der Waals surface area contributed by atoms with Crippen molar-refractivity contribution in [2.24, 2.45) is 23.2 Å². The van der Waals surface area contributed by atoms with Crippen LogP contribution in [0, 0.1) is 23.2 Å². The second-order valence-corrected chi connectivity index (χ2v) is 7.18. The predicted octanol–water partition coefficient (Wildman–Crippen LogP) is 3.84. The molecular weight excluding hydrogens is 194 g/mol. The van der Waals surface area contributed by atoms with Crippen molar-refractivity contribution in [2.75, 3.05) is 7.05 Å². The average molecular weight is 223 g/mol. The van der Waals surface area contributed by atoms with Gasteiger partial charge in [0.15, 0.2) is 0 Å². The molecule has 1 heteroatoms. The Labute approximate surface area is 101 Å². The molecule has 2 aliphatic carbocycles. The third-order valence-electron chi connectivity index (χ3n) is 4.76. The lowest BCUT2D eigenvalue weighted by molar-refractivity contribution is 0.315. The molecule has 1 N–H and O–H groups in total. The second-order valence-electron chi connectivity index (χ2n) is 7.18. The molecule has 2 aliphatic rings. The number of rotatable bonds is 4. The van der Waals surface area contributed by atoms with Crippen molar-refractivity contribution >= 4 is 0 Å². The highest BCUT2D eigenvalue weighted by atomic mass is 14.9. The fourth-order valence-corrected chi connectivity index (χ4v) is 3.76. The molecule has 0 aromatic carbocycles. The van der Waals surface area contributed by atoms with Crippen molar-refractivity contribution in [1.29, 1.82) is 0 Å². The molecule has 0 saturated heterocycles. The van der Waals surface area contributed by atoms with E-state index in [9.17, 15) is 0 Å². The normalized spacial score (nSPS) is 35.6. The highest BCUT2D eigenvalue weighted by Gasteiger charge is 2.53. The van der Waals surface area contributed by atoms with Crippen molar-refractivity contribution in [3.05, 3.63) is 0 Å². The van der Waals surface area contributed by atoms with E-state index in [4.69, 9.17) is 0 Å². The van der Waals surface area contributed by atoms with Crippen molar-refractivity contribution in [3.63, 3.8) is 0 Å². The molecule has 0 aromatic rings. The van der Waals surface area contributed by atoms with E-state index in [0.717, 1.165) is 23.8 Å². The molecule has 0 aromatic heterocycles. The molecule has 0 radical (unpaired) electrons. The van der Waals surface area contributed by atoms with Gasteiger partial charge < -0.3 is 5.32 Å². The minimum atomic E-state index is 0.495. The Bertz CT molecular complexity index is 216. The van der Waals surface area contributed by atoms with Crippen LogP contribution in [0.4, 0.5) is 0 Å². The summed E-state index contributed by atoms with van der Waals surface area (Å²) in [5, 5.41) is 3.59. The smallest absolute Gasteiger partial charge is 0.00980 e. The van der Waals surface area contributed by atoms with Crippen LogP contribution in [0.15, 0.2) is 0 Å². The van der Waals surface area contributed by atoms with E-state index in [-0.39, 0.29) is 0 Å². The molecule has 1 nitrogen and oxygen atoms in total. The lowest BCUT2D eigenvalue weighted by atomic mass is 9.87. The van der Waals surface area contributed by atoms with Crippen LogP contribution in [-0.4, -0.2) is 13.1 Å². The van der Waals surface area contributed by atoms with Crippen molar-refractivity contribution in [1.82, 2.24) is 5.32 Å². The molecule has 94 valence electrons. The summed E-state index contributed by atoms with van der Waals surface area (Å²) in [6.07, 6.45) is 8.75. The monoisotopic (exact) mass is 223 g/mol. The fraction of sp³-hybridized carbons (Fsp3) is 1.00. The molecule has 3 unspecified atom stereocenters. The summed E-state index contributed by atoms with van der Waals surface area (Å²) >= 11 is 0. The highest BCUT2D eigenvalue weighted by molar-refractivity contribution is 5.04. The van der Waals surface area contributed by atoms with E-state index in [0.29, 0.717) is 5.41 Å². The summed E-state index contributed by atoms with van der Waals surface area (Å²) in [5.41, 5.74) is 0.495. The first kappa shape index (κ1) is 12.4. The van der Waals surface area contributed by atoms with Crippen LogP contribution >= 0.6 is 0 Å². The molecule has 0 aliphatic heterocycles. The van der Waals surface area contributed by atoms with Gasteiger partial charge in [0, 0.05) is 6.04 Å². The minimum absolute atomic E-state index is 0.495. The fourth-order valence-electron chi connectivity index (χ4n) is 3.76. The third kappa shape index (κ3) is 2.80. The first-order valence-electron chi connectivity index (χ1n) is 7.20. The summed E-state index contributed by atoms with van der Waals surface area (Å²) in [4.78, 5) is 0. The maximum absolute atomic E-state index is 3.59. The number of fused-ring (bicyclic) bond motifs is 1. The van der Waals surface area contributed by atoms with E-state index in [2.05, 4.69) is 33.1 Å². The quantitative estimate of drug-likeness (QED) is 0.763. The van der Waals surface area contributed by atoms with E-state index < -0.39 is 0 Å². The van der Waals surface area contributed by atoms with Crippen LogP contribution in [0.2, 0.25) is 0 Å². The van der Waals surface area contributed by atoms with Crippen LogP contribution in [0.5, 0.6) is 0 Å². The van der Waals surface area contributed by atoms with E-state index in [1.165, 1.54) is 38.5 Å². The van der Waals surface area contributed by atoms with Crippen molar-refractivity contribution in [3.8, 4) is 0 Å². The van der Waals surface area contributed by atoms with Gasteiger partial charge in [-0.25, -0.2) is 0 Å². The molecule has 0 bridgehead atoms. The largest absolute Gasteiger partial charge is 0.317 e. The maximum Gasteiger partial charge on any atom is 0.00980 e. The summed E-state index contributed by atoms with van der Waals surface area (Å²) in [6.45, 7) is 7.08. The maximum atomic E-state index is 3.59. The van der Waals surface area contributed by atoms with Gasteiger partial charge in [-0.2, -0.15) is 0 Å². The summed E-state index contributed by atoms with van der Waals surface area (Å²) in [6, 6.07) is 0.798. The Morgan fingerprint density at radius 3 is 2.12 bits per heavy atom. The molecule has 0 amide bonds. The molecule has 2 fully saturated rings. The number of hydrogen-bond donors (Lipinski definition) is 1. The standard InChI is InChI=1S/C15H29N/c1-15(2,3)10-9-13(16-4)14-11-7-5-6-8-12(11)14/h11-14,16H,5-10H2,1-4H3. The van der Waals surface area contributed by atoms with Crippen molar-refractivity contribution < 1.29 is 0 Å². The molecule has 2 saturated carbocycles. The van der Waals surface area contributed by atoms with Gasteiger partial charge in [-0.1, -0.05) is 33.6 Å². The molecule has 2 rings (SSSR count). The minimum Gasteiger partial charge on any atom is -0.317 e. The van der Waals surface area contributed by atoms with Crippen LogP contribution in [0.25, 0.3) is 0 Å². The van der Waals surface area contributed by atoms with Crippen molar-refractivity contribution in [2.45, 2.75) is 65.3 Å². The summed E-state index contributed by atoms with van der Waals surface area (Å²) < 4.78 is 0. The van der Waals surface area contributed by atoms with Gasteiger partial charge in [0.1, 0.15) is 0 Å². The molecule has 0 heterocycles. The Balaban J connectivity index is 1.82. The third-order valence-corrected chi connectivity index (χ3v) is 4.76. The van der Waals surface area contributed by atoms with Crippen LogP contribution in [0.3, 0.4) is 0 Å². The van der Waals surface area contributed by atoms with Gasteiger partial charge >= 0.3 is 0 Å². The Morgan fingerprint density at radius 2 is 1.69 bits per heavy atom. The Hall–Kier alpha value is -0.0400. The molecular formula is C15H29N. The van der Waals surface area contributed by atoms with Gasteiger partial charge in [-0.15, -0.1) is 0 Å². The summed E-state index contributed by atoms with van der Waals surface area (Å²) in [5.74, 6) is 3.20. The number of nitrogens with one attached hydrogen (secondary N) is 1. The Kier molecular flexibility index (Phi) is 3.63. The SMILES string of the molecule is CNC(CCC(C)(C)C)C1C2CCCCC21. The topological polar surface area (TPSA) is 12.0 Å². The molecule has 16 heavy (non-hydrogen) atoms. The van der Waals surface area contributed by atoms with Gasteiger partial charge in [-0.05, 0) is 55.9 Å². The molecule has 3 atom stereocenters. The lowest BCUT2D eigenvalue weighted by Crippen LogP contribution is -2.30. The first-order chi connectivity index (χ1) is 7.53. The average Bonchev–Trinajstić information content (AvgIpc) is 2.92. The predicted molar refractivity (Wildman–Crippen MR) is 70.5 cm³/mol. The van der Waals surface area contributed by atoms with Gasteiger partial charge in [-0.3, -0.25) is 0 Å². The van der Waals surface area contributed by atoms with E-state index in [1.807, 2.05) is 0 Å². The number of hydrogen-bond acceptors (Lipinski definition) is 1. The zero-order valence-corrected chi connectivity index (χ0v) is 11.6. The van der Waals surface area contributed by atoms with Gasteiger partial charge in [0.25, 0.3) is 0 Å².